The first kappa shape index (κ1) is 15.9. The molecule has 0 aliphatic rings. The van der Waals surface area contributed by atoms with E-state index in [1.807, 2.05) is 0 Å². The van der Waals surface area contributed by atoms with Crippen LogP contribution in [0, 0.1) is 5.82 Å². The number of methoxy groups -OCH3 is 1. The molecule has 1 N–H and O–H groups in total. The number of ether oxygens (including phenoxy) is 1. The maximum atomic E-state index is 13.2. The molecule has 6 nitrogen and oxygen atoms in total. The lowest BCUT2D eigenvalue weighted by atomic mass is 10.1. The van der Waals surface area contributed by atoms with Crippen LogP contribution in [0.15, 0.2) is 42.5 Å². The van der Waals surface area contributed by atoms with Gasteiger partial charge in [0.1, 0.15) is 17.3 Å². The van der Waals surface area contributed by atoms with Gasteiger partial charge in [-0.1, -0.05) is 16.8 Å². The Morgan fingerprint density at radius 1 is 1.25 bits per heavy atom. The molecule has 0 bridgehead atoms. The molecule has 0 amide bonds. The highest BCUT2D eigenvalue weighted by Crippen LogP contribution is 2.30. The summed E-state index contributed by atoms with van der Waals surface area (Å²) in [5.41, 5.74) is 0.947. The number of hydrogen-bond donors (Lipinski definition) is 1. The molecule has 0 spiro atoms. The van der Waals surface area contributed by atoms with Crippen molar-refractivity contribution in [2.45, 2.75) is 0 Å². The smallest absolute Gasteiger partial charge is 0.358 e. The number of carbonyl (C=O) groups is 1. The molecule has 0 saturated heterocycles. The first-order valence-electron chi connectivity index (χ1n) is 6.80. The maximum Gasteiger partial charge on any atom is 0.358 e. The Labute approximate surface area is 141 Å². The van der Waals surface area contributed by atoms with E-state index in [-0.39, 0.29) is 11.4 Å². The zero-order chi connectivity index (χ0) is 17.3. The predicted molar refractivity (Wildman–Crippen MR) is 85.3 cm³/mol. The van der Waals surface area contributed by atoms with Gasteiger partial charge in [0.2, 0.25) is 0 Å². The van der Waals surface area contributed by atoms with Gasteiger partial charge in [-0.2, -0.15) is 0 Å². The molecule has 0 aliphatic heterocycles. The summed E-state index contributed by atoms with van der Waals surface area (Å²) in [6, 6.07) is 10.3. The molecule has 0 aliphatic carbocycles. The summed E-state index contributed by atoms with van der Waals surface area (Å²) in [4.78, 5) is 11.4. The molecule has 0 fully saturated rings. The van der Waals surface area contributed by atoms with Crippen molar-refractivity contribution >= 4 is 17.6 Å². The lowest BCUT2D eigenvalue weighted by Gasteiger charge is -2.09. The third kappa shape index (κ3) is 2.81. The molecule has 3 aromatic rings. The van der Waals surface area contributed by atoms with Gasteiger partial charge in [0.05, 0.1) is 17.8 Å². The summed E-state index contributed by atoms with van der Waals surface area (Å²) < 4.78 is 19.6. The SMILES string of the molecule is COc1ccc(-n2nnc(C(=O)O)c2-c2ccc(F)cc2)cc1Cl. The standard InChI is InChI=1S/C16H11ClFN3O3/c1-24-13-7-6-11(8-12(13)17)21-15(14(16(22)23)19-20-21)9-2-4-10(18)5-3-9/h2-8H,1H3,(H,22,23). The second-order valence-corrected chi connectivity index (χ2v) is 5.24. The van der Waals surface area contributed by atoms with Crippen molar-refractivity contribution in [3.05, 3.63) is 59.0 Å². The van der Waals surface area contributed by atoms with Gasteiger partial charge in [-0.05, 0) is 42.5 Å². The van der Waals surface area contributed by atoms with E-state index in [0.717, 1.165) is 0 Å². The Bertz CT molecular complexity index is 909. The first-order chi connectivity index (χ1) is 11.5. The topological polar surface area (TPSA) is 77.2 Å². The van der Waals surface area contributed by atoms with E-state index in [9.17, 15) is 14.3 Å². The van der Waals surface area contributed by atoms with Crippen molar-refractivity contribution in [3.8, 4) is 22.7 Å². The minimum absolute atomic E-state index is 0.226. The normalized spacial score (nSPS) is 10.6. The quantitative estimate of drug-likeness (QED) is 0.782. The van der Waals surface area contributed by atoms with E-state index in [1.165, 1.54) is 36.1 Å². The Balaban J connectivity index is 2.20. The largest absolute Gasteiger partial charge is 0.495 e. The Morgan fingerprint density at radius 2 is 1.96 bits per heavy atom. The van der Waals surface area contributed by atoms with Crippen LogP contribution in [0.25, 0.3) is 16.9 Å². The van der Waals surface area contributed by atoms with E-state index in [2.05, 4.69) is 10.3 Å². The second-order valence-electron chi connectivity index (χ2n) is 4.83. The minimum atomic E-state index is -1.24. The van der Waals surface area contributed by atoms with E-state index in [0.29, 0.717) is 22.0 Å². The number of halogens is 2. The summed E-state index contributed by atoms with van der Waals surface area (Å²) in [5, 5.41) is 17.3. The van der Waals surface area contributed by atoms with Gasteiger partial charge in [0.15, 0.2) is 5.69 Å². The van der Waals surface area contributed by atoms with Crippen molar-refractivity contribution in [3.63, 3.8) is 0 Å². The number of hydrogen-bond acceptors (Lipinski definition) is 4. The molecule has 0 radical (unpaired) electrons. The Morgan fingerprint density at radius 3 is 2.54 bits per heavy atom. The number of carboxylic acid groups (broad SMARTS) is 1. The van der Waals surface area contributed by atoms with Gasteiger partial charge in [-0.3, -0.25) is 0 Å². The van der Waals surface area contributed by atoms with Crippen LogP contribution < -0.4 is 4.74 Å². The predicted octanol–water partition coefficient (Wildman–Crippen LogP) is 3.43. The molecule has 24 heavy (non-hydrogen) atoms. The average Bonchev–Trinajstić information content (AvgIpc) is 3.00. The highest BCUT2D eigenvalue weighted by atomic mass is 35.5. The van der Waals surface area contributed by atoms with E-state index in [4.69, 9.17) is 16.3 Å². The zero-order valence-electron chi connectivity index (χ0n) is 12.4. The molecule has 1 aromatic heterocycles. The van der Waals surface area contributed by atoms with Gasteiger partial charge >= 0.3 is 5.97 Å². The summed E-state index contributed by atoms with van der Waals surface area (Å²) in [7, 11) is 1.49. The number of aromatic nitrogens is 3. The summed E-state index contributed by atoms with van der Waals surface area (Å²) >= 11 is 6.12. The van der Waals surface area contributed by atoms with Crippen LogP contribution >= 0.6 is 11.6 Å². The van der Waals surface area contributed by atoms with Crippen LogP contribution in [-0.2, 0) is 0 Å². The van der Waals surface area contributed by atoms with Crippen molar-refractivity contribution in [1.29, 1.82) is 0 Å². The molecule has 122 valence electrons. The molecule has 0 saturated carbocycles. The number of rotatable bonds is 4. The second kappa shape index (κ2) is 6.29. The highest BCUT2D eigenvalue weighted by molar-refractivity contribution is 6.32. The summed E-state index contributed by atoms with van der Waals surface area (Å²) in [6.45, 7) is 0. The van der Waals surface area contributed by atoms with Crippen LogP contribution in [0.5, 0.6) is 5.75 Å². The van der Waals surface area contributed by atoms with Crippen LogP contribution in [0.1, 0.15) is 10.5 Å². The summed E-state index contributed by atoms with van der Waals surface area (Å²) in [5.74, 6) is -1.19. The van der Waals surface area contributed by atoms with Crippen molar-refractivity contribution in [2.75, 3.05) is 7.11 Å². The average molecular weight is 348 g/mol. The fourth-order valence-electron chi connectivity index (χ4n) is 2.26. The van der Waals surface area contributed by atoms with Crippen molar-refractivity contribution in [2.24, 2.45) is 0 Å². The molecular weight excluding hydrogens is 337 g/mol. The third-order valence-electron chi connectivity index (χ3n) is 3.37. The molecule has 3 rings (SSSR count). The van der Waals surface area contributed by atoms with Gasteiger partial charge in [-0.25, -0.2) is 13.9 Å². The van der Waals surface area contributed by atoms with E-state index < -0.39 is 11.8 Å². The fourth-order valence-corrected chi connectivity index (χ4v) is 2.51. The lowest BCUT2D eigenvalue weighted by Crippen LogP contribution is -2.03. The van der Waals surface area contributed by atoms with Gasteiger partial charge in [-0.15, -0.1) is 5.10 Å². The fraction of sp³-hybridized carbons (Fsp3) is 0.0625. The molecule has 0 unspecified atom stereocenters. The Hall–Kier alpha value is -2.93. The molecule has 0 atom stereocenters. The maximum absolute atomic E-state index is 13.2. The lowest BCUT2D eigenvalue weighted by molar-refractivity contribution is 0.0691. The zero-order valence-corrected chi connectivity index (χ0v) is 13.2. The molecular formula is C16H11ClFN3O3. The van der Waals surface area contributed by atoms with Crippen LogP contribution in [0.4, 0.5) is 4.39 Å². The first-order valence-corrected chi connectivity index (χ1v) is 7.18. The van der Waals surface area contributed by atoms with Gasteiger partial charge < -0.3 is 9.84 Å². The summed E-state index contributed by atoms with van der Waals surface area (Å²) in [6.07, 6.45) is 0. The number of carboxylic acids is 1. The number of benzene rings is 2. The van der Waals surface area contributed by atoms with Crippen LogP contribution in [-0.4, -0.2) is 33.2 Å². The van der Waals surface area contributed by atoms with Crippen molar-refractivity contribution < 1.29 is 19.0 Å². The van der Waals surface area contributed by atoms with E-state index >= 15 is 0 Å². The van der Waals surface area contributed by atoms with Crippen LogP contribution in [0.3, 0.4) is 0 Å². The number of nitrogens with zero attached hydrogens (tertiary/aromatic N) is 3. The van der Waals surface area contributed by atoms with Gasteiger partial charge in [0.25, 0.3) is 0 Å². The van der Waals surface area contributed by atoms with Gasteiger partial charge in [0, 0.05) is 5.56 Å². The highest BCUT2D eigenvalue weighted by Gasteiger charge is 2.22. The minimum Gasteiger partial charge on any atom is -0.495 e. The number of aromatic carboxylic acids is 1. The Kier molecular flexibility index (Phi) is 4.18. The van der Waals surface area contributed by atoms with Crippen LogP contribution in [0.2, 0.25) is 5.02 Å². The third-order valence-corrected chi connectivity index (χ3v) is 3.67. The van der Waals surface area contributed by atoms with E-state index in [1.54, 1.807) is 18.2 Å². The van der Waals surface area contributed by atoms with Crippen molar-refractivity contribution in [1.82, 2.24) is 15.0 Å². The molecule has 1 heterocycles. The molecule has 2 aromatic carbocycles. The monoisotopic (exact) mass is 347 g/mol. The molecule has 8 heteroatoms.